The fraction of sp³-hybridized carbons (Fsp3) is 0.833. The SMILES string of the molecule is CC1(C)C2CC[C@@]1(C)C(N=C(N)N=C(N)N)C2.Cl. The fourth-order valence-corrected chi connectivity index (χ4v) is 3.68. The number of hydrogen-bond acceptors (Lipinski definition) is 1. The standard InChI is InChI=1S/C12H23N5.ClH/c1-11(2)7-4-5-12(11,3)8(6-7)16-10(15)17-9(13)14;/h7-8H,4-6H2,1-3H3,(H6,13,14,15,16,17);1H/t7?,8?,12-;/m0./s1. The van der Waals surface area contributed by atoms with E-state index in [0.29, 0.717) is 5.41 Å². The maximum atomic E-state index is 5.74. The Kier molecular flexibility index (Phi) is 3.86. The molecule has 2 bridgehead atoms. The van der Waals surface area contributed by atoms with Gasteiger partial charge in [0.25, 0.3) is 0 Å². The molecule has 2 unspecified atom stereocenters. The van der Waals surface area contributed by atoms with E-state index in [1.54, 1.807) is 0 Å². The Balaban J connectivity index is 0.00000162. The predicted octanol–water partition coefficient (Wildman–Crippen LogP) is 1.21. The molecule has 5 nitrogen and oxygen atoms in total. The first kappa shape index (κ1) is 15.1. The molecule has 0 spiro atoms. The number of aliphatic imine (C=N–C) groups is 2. The van der Waals surface area contributed by atoms with E-state index >= 15 is 0 Å². The van der Waals surface area contributed by atoms with Gasteiger partial charge in [-0.05, 0) is 36.0 Å². The Morgan fingerprint density at radius 2 is 1.78 bits per heavy atom. The summed E-state index contributed by atoms with van der Waals surface area (Å²) < 4.78 is 0. The van der Waals surface area contributed by atoms with Crippen LogP contribution in [0, 0.1) is 16.7 Å². The highest BCUT2D eigenvalue weighted by Crippen LogP contribution is 2.66. The third-order valence-corrected chi connectivity index (χ3v) is 5.28. The van der Waals surface area contributed by atoms with Crippen LogP contribution in [0.1, 0.15) is 40.0 Å². The van der Waals surface area contributed by atoms with Gasteiger partial charge in [0.15, 0.2) is 5.96 Å². The number of halogens is 1. The topological polar surface area (TPSA) is 103 Å². The van der Waals surface area contributed by atoms with Crippen LogP contribution in [0.15, 0.2) is 9.98 Å². The van der Waals surface area contributed by atoms with Gasteiger partial charge in [0.05, 0.1) is 6.04 Å². The molecular weight excluding hydrogens is 250 g/mol. The maximum Gasteiger partial charge on any atom is 0.218 e. The molecule has 0 aromatic rings. The number of rotatable bonds is 1. The minimum Gasteiger partial charge on any atom is -0.370 e. The van der Waals surface area contributed by atoms with Crippen LogP contribution in [0.2, 0.25) is 0 Å². The molecule has 0 heterocycles. The first-order valence-electron chi connectivity index (χ1n) is 6.20. The van der Waals surface area contributed by atoms with Crippen LogP contribution in [0.25, 0.3) is 0 Å². The highest BCUT2D eigenvalue weighted by Gasteiger charge is 2.61. The second kappa shape index (κ2) is 4.61. The van der Waals surface area contributed by atoms with Crippen LogP contribution in [0.4, 0.5) is 0 Å². The summed E-state index contributed by atoms with van der Waals surface area (Å²) >= 11 is 0. The molecule has 0 aliphatic heterocycles. The van der Waals surface area contributed by atoms with Crippen molar-refractivity contribution in [2.75, 3.05) is 0 Å². The van der Waals surface area contributed by atoms with E-state index < -0.39 is 0 Å². The molecule has 0 amide bonds. The zero-order chi connectivity index (χ0) is 12.8. The Morgan fingerprint density at radius 3 is 2.17 bits per heavy atom. The van der Waals surface area contributed by atoms with Crippen molar-refractivity contribution in [1.82, 2.24) is 0 Å². The average molecular weight is 274 g/mol. The van der Waals surface area contributed by atoms with E-state index in [4.69, 9.17) is 17.2 Å². The lowest BCUT2D eigenvalue weighted by Gasteiger charge is -2.37. The van der Waals surface area contributed by atoms with E-state index in [-0.39, 0.29) is 35.8 Å². The fourth-order valence-electron chi connectivity index (χ4n) is 3.68. The third-order valence-electron chi connectivity index (χ3n) is 5.28. The van der Waals surface area contributed by atoms with Gasteiger partial charge in [-0.1, -0.05) is 20.8 Å². The summed E-state index contributed by atoms with van der Waals surface area (Å²) in [5.74, 6) is 0.923. The summed E-state index contributed by atoms with van der Waals surface area (Å²) in [6.07, 6.45) is 3.62. The first-order valence-corrected chi connectivity index (χ1v) is 6.20. The minimum atomic E-state index is -0.0289. The van der Waals surface area contributed by atoms with Crippen molar-refractivity contribution in [1.29, 1.82) is 0 Å². The highest BCUT2D eigenvalue weighted by atomic mass is 35.5. The number of nitrogens with two attached hydrogens (primary N) is 3. The molecule has 18 heavy (non-hydrogen) atoms. The van der Waals surface area contributed by atoms with Crippen molar-refractivity contribution in [3.05, 3.63) is 0 Å². The predicted molar refractivity (Wildman–Crippen MR) is 77.7 cm³/mol. The lowest BCUT2D eigenvalue weighted by atomic mass is 9.69. The Hall–Kier alpha value is -0.970. The van der Waals surface area contributed by atoms with Crippen LogP contribution in [-0.2, 0) is 0 Å². The summed E-state index contributed by atoms with van der Waals surface area (Å²) in [6, 6.07) is 0.249. The molecule has 2 fully saturated rings. The molecule has 2 aliphatic rings. The first-order chi connectivity index (χ1) is 7.77. The van der Waals surface area contributed by atoms with Crippen molar-refractivity contribution in [3.8, 4) is 0 Å². The Labute approximate surface area is 115 Å². The average Bonchev–Trinajstić information content (AvgIpc) is 2.49. The number of fused-ring (bicyclic) bond motifs is 2. The smallest absolute Gasteiger partial charge is 0.218 e. The van der Waals surface area contributed by atoms with Crippen LogP contribution in [0.3, 0.4) is 0 Å². The van der Waals surface area contributed by atoms with Crippen LogP contribution in [0.5, 0.6) is 0 Å². The lowest BCUT2D eigenvalue weighted by Crippen LogP contribution is -2.36. The van der Waals surface area contributed by atoms with E-state index in [2.05, 4.69) is 30.8 Å². The minimum absolute atomic E-state index is 0. The molecule has 2 saturated carbocycles. The van der Waals surface area contributed by atoms with Crippen LogP contribution in [-0.4, -0.2) is 18.0 Å². The molecule has 0 aromatic carbocycles. The monoisotopic (exact) mass is 273 g/mol. The summed E-state index contributed by atoms with van der Waals surface area (Å²) in [4.78, 5) is 8.32. The number of guanidine groups is 2. The van der Waals surface area contributed by atoms with E-state index in [9.17, 15) is 0 Å². The highest BCUT2D eigenvalue weighted by molar-refractivity contribution is 5.92. The van der Waals surface area contributed by atoms with E-state index in [0.717, 1.165) is 12.3 Å². The second-order valence-corrected chi connectivity index (χ2v) is 6.15. The zero-order valence-electron chi connectivity index (χ0n) is 11.3. The van der Waals surface area contributed by atoms with Gasteiger partial charge in [-0.15, -0.1) is 12.4 Å². The van der Waals surface area contributed by atoms with Crippen molar-refractivity contribution in [3.63, 3.8) is 0 Å². The van der Waals surface area contributed by atoms with Gasteiger partial charge >= 0.3 is 0 Å². The molecule has 3 atom stereocenters. The van der Waals surface area contributed by atoms with Crippen LogP contribution < -0.4 is 17.2 Å². The molecule has 0 saturated heterocycles. The number of hydrogen-bond donors (Lipinski definition) is 3. The molecule has 104 valence electrons. The molecule has 2 aliphatic carbocycles. The zero-order valence-corrected chi connectivity index (χ0v) is 12.1. The van der Waals surface area contributed by atoms with Crippen molar-refractivity contribution >= 4 is 24.3 Å². The molecule has 0 aromatic heterocycles. The van der Waals surface area contributed by atoms with Crippen LogP contribution >= 0.6 is 12.4 Å². The van der Waals surface area contributed by atoms with Gasteiger partial charge in [0.1, 0.15) is 0 Å². The van der Waals surface area contributed by atoms with Gasteiger partial charge in [-0.3, -0.25) is 0 Å². The van der Waals surface area contributed by atoms with Gasteiger partial charge in [-0.2, -0.15) is 4.99 Å². The quantitative estimate of drug-likeness (QED) is 0.494. The van der Waals surface area contributed by atoms with E-state index in [1.165, 1.54) is 12.8 Å². The summed E-state index contributed by atoms with van der Waals surface area (Å²) in [7, 11) is 0. The van der Waals surface area contributed by atoms with Gasteiger partial charge in [-0.25, -0.2) is 4.99 Å². The maximum absolute atomic E-state index is 5.74. The molecule has 2 rings (SSSR count). The van der Waals surface area contributed by atoms with E-state index in [1.807, 2.05) is 0 Å². The van der Waals surface area contributed by atoms with Crippen molar-refractivity contribution in [2.45, 2.75) is 46.1 Å². The summed E-state index contributed by atoms with van der Waals surface area (Å²) in [5.41, 5.74) is 16.9. The second-order valence-electron chi connectivity index (χ2n) is 6.15. The van der Waals surface area contributed by atoms with Gasteiger partial charge in [0.2, 0.25) is 5.96 Å². The molecular formula is C12H24ClN5. The summed E-state index contributed by atoms with van der Waals surface area (Å²) in [6.45, 7) is 7.00. The molecule has 0 radical (unpaired) electrons. The normalized spacial score (nSPS) is 37.2. The summed E-state index contributed by atoms with van der Waals surface area (Å²) in [5, 5.41) is 0. The largest absolute Gasteiger partial charge is 0.370 e. The van der Waals surface area contributed by atoms with Gasteiger partial charge in [0, 0.05) is 0 Å². The third kappa shape index (κ3) is 2.05. The lowest BCUT2D eigenvalue weighted by molar-refractivity contribution is 0.137. The Bertz CT molecular complexity index is 386. The number of nitrogens with zero attached hydrogens (tertiary/aromatic N) is 2. The molecule has 6 heteroatoms. The molecule has 6 N–H and O–H groups in total. The van der Waals surface area contributed by atoms with Gasteiger partial charge < -0.3 is 17.2 Å². The van der Waals surface area contributed by atoms with Crippen molar-refractivity contribution in [2.24, 2.45) is 43.9 Å². The Morgan fingerprint density at radius 1 is 1.17 bits per heavy atom. The van der Waals surface area contributed by atoms with Crippen molar-refractivity contribution < 1.29 is 0 Å².